The molecule has 13 heteroatoms. The van der Waals surface area contributed by atoms with Crippen molar-refractivity contribution in [1.82, 2.24) is 9.88 Å². The lowest BCUT2D eigenvalue weighted by Crippen LogP contribution is -2.49. The zero-order valence-electron chi connectivity index (χ0n) is 23.9. The molecule has 0 radical (unpaired) electrons. The maximum Gasteiger partial charge on any atom is 0.423 e. The Morgan fingerprint density at radius 3 is 2.36 bits per heavy atom. The van der Waals surface area contributed by atoms with Crippen molar-refractivity contribution in [3.63, 3.8) is 0 Å². The van der Waals surface area contributed by atoms with Crippen LogP contribution >= 0.6 is 0 Å². The highest BCUT2D eigenvalue weighted by Crippen LogP contribution is 2.38. The van der Waals surface area contributed by atoms with Gasteiger partial charge in [0.15, 0.2) is 0 Å². The molecule has 2 fully saturated rings. The second-order valence-corrected chi connectivity index (χ2v) is 11.2. The molecule has 0 unspecified atom stereocenters. The molecule has 1 amide bonds. The zero-order chi connectivity index (χ0) is 31.3. The Balaban J connectivity index is 1.07. The third-order valence-corrected chi connectivity index (χ3v) is 8.16. The van der Waals surface area contributed by atoms with Crippen molar-refractivity contribution in [1.29, 1.82) is 0 Å². The lowest BCUT2D eigenvalue weighted by atomic mass is 9.87. The summed E-state index contributed by atoms with van der Waals surface area (Å²) in [5.74, 6) is 0.427. The quantitative estimate of drug-likeness (QED) is 0.177. The summed E-state index contributed by atoms with van der Waals surface area (Å²) in [4.78, 5) is 31.0. The number of halogens is 4. The summed E-state index contributed by atoms with van der Waals surface area (Å²) >= 11 is 0. The van der Waals surface area contributed by atoms with Gasteiger partial charge in [0.05, 0.1) is 11.3 Å². The number of piperazine rings is 1. The first-order valence-electron chi connectivity index (χ1n) is 14.5. The third kappa shape index (κ3) is 7.94. The van der Waals surface area contributed by atoms with E-state index in [-0.39, 0.29) is 35.9 Å². The molecule has 0 spiro atoms. The van der Waals surface area contributed by atoms with E-state index in [0.29, 0.717) is 38.6 Å². The molecule has 234 valence electrons. The van der Waals surface area contributed by atoms with Gasteiger partial charge in [-0.2, -0.15) is 13.2 Å². The van der Waals surface area contributed by atoms with Crippen molar-refractivity contribution in [2.75, 3.05) is 42.9 Å². The summed E-state index contributed by atoms with van der Waals surface area (Å²) in [5, 5.41) is 14.0. The minimum Gasteiger partial charge on any atom is -0.474 e. The van der Waals surface area contributed by atoms with E-state index in [0.717, 1.165) is 49.1 Å². The molecule has 2 aliphatic rings. The fourth-order valence-electron chi connectivity index (χ4n) is 5.68. The highest BCUT2D eigenvalue weighted by molar-refractivity contribution is 5.79. The van der Waals surface area contributed by atoms with E-state index in [1.807, 2.05) is 17.0 Å². The molecule has 44 heavy (non-hydrogen) atoms. The first-order chi connectivity index (χ1) is 21.0. The molecule has 1 N–H and O–H groups in total. The van der Waals surface area contributed by atoms with E-state index in [1.54, 1.807) is 18.3 Å². The molecular weight excluding hydrogens is 582 g/mol. The van der Waals surface area contributed by atoms with Gasteiger partial charge in [0, 0.05) is 62.4 Å². The molecule has 0 atom stereocenters. The maximum absolute atomic E-state index is 13.3. The van der Waals surface area contributed by atoms with Crippen LogP contribution < -0.4 is 15.0 Å². The van der Waals surface area contributed by atoms with Gasteiger partial charge in [-0.1, -0.05) is 12.1 Å². The number of carbonyl (C=O) groups excluding carboxylic acids is 1. The summed E-state index contributed by atoms with van der Waals surface area (Å²) in [6.45, 7) is 2.93. The van der Waals surface area contributed by atoms with Crippen LogP contribution in [0.5, 0.6) is 5.88 Å². The first kappa shape index (κ1) is 31.0. The van der Waals surface area contributed by atoms with Crippen molar-refractivity contribution >= 4 is 23.0 Å². The van der Waals surface area contributed by atoms with Crippen molar-refractivity contribution in [3.05, 3.63) is 87.9 Å². The van der Waals surface area contributed by atoms with Crippen LogP contribution in [0.15, 0.2) is 60.8 Å². The average molecular weight is 616 g/mol. The SMILES string of the molecule is O=C(Cc1ccc(F)cc1)N1CCN(c2ccnc(OC3CCC(CNc4ccc([N+](=O)[O-])c(C(F)(F)F)c4)CC3)c2)CC1. The van der Waals surface area contributed by atoms with E-state index in [1.165, 1.54) is 18.2 Å². The van der Waals surface area contributed by atoms with Crippen molar-refractivity contribution in [2.24, 2.45) is 5.92 Å². The van der Waals surface area contributed by atoms with Gasteiger partial charge in [0.25, 0.3) is 5.69 Å². The largest absolute Gasteiger partial charge is 0.474 e. The van der Waals surface area contributed by atoms with Gasteiger partial charge in [0.2, 0.25) is 11.8 Å². The predicted octanol–water partition coefficient (Wildman–Crippen LogP) is 6.09. The van der Waals surface area contributed by atoms with Crippen LogP contribution in [0.4, 0.5) is 34.6 Å². The van der Waals surface area contributed by atoms with Crippen LogP contribution in [0.3, 0.4) is 0 Å². The summed E-state index contributed by atoms with van der Waals surface area (Å²) in [6.07, 6.45) is 0.233. The number of nitro groups is 1. The third-order valence-electron chi connectivity index (χ3n) is 8.16. The Labute approximate surface area is 252 Å². The normalized spacial score (nSPS) is 19.0. The van der Waals surface area contributed by atoms with Gasteiger partial charge in [-0.3, -0.25) is 14.9 Å². The Kier molecular flexibility index (Phi) is 9.50. The number of carbonyl (C=O) groups is 1. The Morgan fingerprint density at radius 2 is 1.70 bits per heavy atom. The molecule has 2 heterocycles. The maximum atomic E-state index is 13.3. The van der Waals surface area contributed by atoms with E-state index in [9.17, 15) is 32.5 Å². The van der Waals surface area contributed by atoms with Gasteiger partial charge < -0.3 is 19.9 Å². The fraction of sp³-hybridized carbons (Fsp3) is 0.419. The number of amides is 1. The molecule has 1 aliphatic heterocycles. The number of nitro benzene ring substituents is 1. The predicted molar refractivity (Wildman–Crippen MR) is 156 cm³/mol. The number of ether oxygens (including phenoxy) is 1. The molecule has 0 bridgehead atoms. The van der Waals surface area contributed by atoms with Crippen LogP contribution in [0, 0.1) is 21.8 Å². The molecule has 1 aromatic heterocycles. The Bertz CT molecular complexity index is 1450. The highest BCUT2D eigenvalue weighted by atomic mass is 19.4. The smallest absolute Gasteiger partial charge is 0.423 e. The van der Waals surface area contributed by atoms with Gasteiger partial charge in [-0.25, -0.2) is 9.37 Å². The van der Waals surface area contributed by atoms with Crippen LogP contribution in [-0.4, -0.2) is 59.5 Å². The Morgan fingerprint density at radius 1 is 1.00 bits per heavy atom. The number of aromatic nitrogens is 1. The van der Waals surface area contributed by atoms with Crippen molar-refractivity contribution < 1.29 is 32.0 Å². The van der Waals surface area contributed by atoms with Crippen LogP contribution in [0.25, 0.3) is 0 Å². The van der Waals surface area contributed by atoms with Gasteiger partial charge >= 0.3 is 6.18 Å². The lowest BCUT2D eigenvalue weighted by Gasteiger charge is -2.36. The number of hydrogen-bond acceptors (Lipinski definition) is 7. The molecule has 2 aromatic carbocycles. The van der Waals surface area contributed by atoms with Crippen molar-refractivity contribution in [3.8, 4) is 5.88 Å². The number of hydrogen-bond donors (Lipinski definition) is 1. The van der Waals surface area contributed by atoms with E-state index < -0.39 is 22.4 Å². The molecular formula is C31H33F4N5O4. The molecule has 1 saturated heterocycles. The summed E-state index contributed by atoms with van der Waals surface area (Å²) < 4.78 is 59.2. The van der Waals surface area contributed by atoms with E-state index >= 15 is 0 Å². The number of pyridine rings is 1. The minimum atomic E-state index is -4.82. The standard InChI is InChI=1S/C31H33F4N5O4/c32-23-5-1-21(2-6-23)17-30(41)39-15-13-38(14-16-39)25-11-12-36-29(19-25)44-26-8-3-22(4-9-26)20-37-24-7-10-28(40(42)43)27(18-24)31(33,34)35/h1-2,5-7,10-12,18-19,22,26,37H,3-4,8-9,13-17,20H2. The molecule has 9 nitrogen and oxygen atoms in total. The minimum absolute atomic E-state index is 0.0135. The van der Waals surface area contributed by atoms with Crippen LogP contribution in [0.1, 0.15) is 36.8 Å². The highest BCUT2D eigenvalue weighted by Gasteiger charge is 2.38. The van der Waals surface area contributed by atoms with Crippen LogP contribution in [0.2, 0.25) is 0 Å². The monoisotopic (exact) mass is 615 g/mol. The number of rotatable bonds is 9. The number of nitrogens with zero attached hydrogens (tertiary/aromatic N) is 4. The fourth-order valence-corrected chi connectivity index (χ4v) is 5.68. The summed E-state index contributed by atoms with van der Waals surface area (Å²) in [6, 6.07) is 12.7. The van der Waals surface area contributed by atoms with E-state index in [2.05, 4.69) is 15.2 Å². The molecule has 3 aromatic rings. The van der Waals surface area contributed by atoms with Crippen LogP contribution in [-0.2, 0) is 17.4 Å². The molecule has 5 rings (SSSR count). The second-order valence-electron chi connectivity index (χ2n) is 11.2. The molecule has 1 saturated carbocycles. The number of anilines is 2. The number of alkyl halides is 3. The topological polar surface area (TPSA) is 101 Å². The average Bonchev–Trinajstić information content (AvgIpc) is 3.01. The second kappa shape index (κ2) is 13.5. The lowest BCUT2D eigenvalue weighted by molar-refractivity contribution is -0.388. The number of benzene rings is 2. The van der Waals surface area contributed by atoms with E-state index in [4.69, 9.17) is 4.74 Å². The summed E-state index contributed by atoms with van der Waals surface area (Å²) in [5.41, 5.74) is -0.296. The van der Waals surface area contributed by atoms with Crippen molar-refractivity contribution in [2.45, 2.75) is 44.4 Å². The Hall–Kier alpha value is -4.42. The summed E-state index contributed by atoms with van der Waals surface area (Å²) in [7, 11) is 0. The zero-order valence-corrected chi connectivity index (χ0v) is 23.9. The molecule has 1 aliphatic carbocycles. The first-order valence-corrected chi connectivity index (χ1v) is 14.5. The van der Waals surface area contributed by atoms with Gasteiger partial charge in [-0.05, 0) is 67.5 Å². The number of nitrogens with one attached hydrogen (secondary N) is 1. The van der Waals surface area contributed by atoms with Gasteiger partial charge in [-0.15, -0.1) is 0 Å². The van der Waals surface area contributed by atoms with Gasteiger partial charge in [0.1, 0.15) is 17.5 Å².